The molecule has 1 aromatic rings. The van der Waals surface area contributed by atoms with Gasteiger partial charge in [-0.2, -0.15) is 0 Å². The second-order valence-electron chi connectivity index (χ2n) is 5.32. The van der Waals surface area contributed by atoms with Crippen molar-refractivity contribution in [2.75, 3.05) is 38.2 Å². The quantitative estimate of drug-likeness (QED) is 0.717. The largest absolute Gasteiger partial charge is 0.495 e. The second kappa shape index (κ2) is 8.59. The lowest BCUT2D eigenvalue weighted by Crippen LogP contribution is -2.32. The molecule has 1 unspecified atom stereocenters. The van der Waals surface area contributed by atoms with E-state index in [4.69, 9.17) is 10.5 Å². The number of anilines is 1. The van der Waals surface area contributed by atoms with Crippen LogP contribution in [-0.2, 0) is 0 Å². The van der Waals surface area contributed by atoms with Crippen LogP contribution in [-0.4, -0.2) is 45.2 Å². The highest BCUT2D eigenvalue weighted by molar-refractivity contribution is 5.99. The predicted molar refractivity (Wildman–Crippen MR) is 91.5 cm³/mol. The van der Waals surface area contributed by atoms with Crippen molar-refractivity contribution in [2.45, 2.75) is 6.92 Å². The summed E-state index contributed by atoms with van der Waals surface area (Å²) in [5, 5.41) is 5.57. The molecule has 128 valence electrons. The molecule has 1 atom stereocenters. The summed E-state index contributed by atoms with van der Waals surface area (Å²) in [6, 6.07) is 4.86. The third kappa shape index (κ3) is 4.49. The van der Waals surface area contributed by atoms with Gasteiger partial charge in [0.2, 0.25) is 0 Å². The van der Waals surface area contributed by atoms with Crippen molar-refractivity contribution in [3.05, 3.63) is 23.8 Å². The van der Waals surface area contributed by atoms with E-state index in [2.05, 4.69) is 10.6 Å². The molecule has 1 saturated heterocycles. The Morgan fingerprint density at radius 1 is 1.52 bits per heavy atom. The standard InChI is InChI=1S/C15H22N4O3.ClH/c1-10(8-16)9-18-14(20)11-3-4-13(22-2)12(7-11)19-6-5-17-15(19)21;/h3-4,7,10H,5-6,8-9,16H2,1-2H3,(H,17,21)(H,18,20);1H. The summed E-state index contributed by atoms with van der Waals surface area (Å²) in [6.07, 6.45) is 0. The minimum absolute atomic E-state index is 0. The lowest BCUT2D eigenvalue weighted by molar-refractivity contribution is 0.0948. The van der Waals surface area contributed by atoms with Crippen LogP contribution in [0.3, 0.4) is 0 Å². The Bertz CT molecular complexity index is 568. The van der Waals surface area contributed by atoms with Gasteiger partial charge in [0.15, 0.2) is 0 Å². The Morgan fingerprint density at radius 2 is 2.26 bits per heavy atom. The smallest absolute Gasteiger partial charge is 0.322 e. The first-order chi connectivity index (χ1) is 10.6. The number of rotatable bonds is 6. The zero-order chi connectivity index (χ0) is 16.1. The first-order valence-electron chi connectivity index (χ1n) is 7.28. The van der Waals surface area contributed by atoms with Gasteiger partial charge in [0, 0.05) is 25.2 Å². The zero-order valence-electron chi connectivity index (χ0n) is 13.3. The van der Waals surface area contributed by atoms with Crippen molar-refractivity contribution in [1.29, 1.82) is 0 Å². The van der Waals surface area contributed by atoms with E-state index in [0.29, 0.717) is 43.2 Å². The Balaban J connectivity index is 0.00000264. The molecular weight excluding hydrogens is 320 g/mol. The normalized spacial score (nSPS) is 14.7. The summed E-state index contributed by atoms with van der Waals surface area (Å²) in [7, 11) is 1.54. The zero-order valence-corrected chi connectivity index (χ0v) is 14.1. The van der Waals surface area contributed by atoms with Gasteiger partial charge in [0.05, 0.1) is 12.8 Å². The van der Waals surface area contributed by atoms with Crippen LogP contribution in [0.15, 0.2) is 18.2 Å². The molecule has 1 heterocycles. The third-order valence-corrected chi connectivity index (χ3v) is 3.60. The number of benzene rings is 1. The van der Waals surface area contributed by atoms with E-state index in [1.54, 1.807) is 23.1 Å². The van der Waals surface area contributed by atoms with Crippen LogP contribution in [0.5, 0.6) is 5.75 Å². The molecule has 1 aliphatic rings. The molecule has 1 aromatic carbocycles. The van der Waals surface area contributed by atoms with Crippen LogP contribution in [0.2, 0.25) is 0 Å². The first kappa shape index (κ1) is 19.1. The number of hydrogen-bond donors (Lipinski definition) is 3. The Labute approximate surface area is 141 Å². The number of nitrogens with zero attached hydrogens (tertiary/aromatic N) is 1. The van der Waals surface area contributed by atoms with Crippen LogP contribution in [0, 0.1) is 5.92 Å². The molecular formula is C15H23ClN4O3. The summed E-state index contributed by atoms with van der Waals surface area (Å²) in [4.78, 5) is 25.6. The molecule has 1 aliphatic heterocycles. The van der Waals surface area contributed by atoms with Crippen LogP contribution >= 0.6 is 12.4 Å². The Morgan fingerprint density at radius 3 is 2.83 bits per heavy atom. The number of nitrogens with one attached hydrogen (secondary N) is 2. The molecule has 8 heteroatoms. The number of methoxy groups -OCH3 is 1. The van der Waals surface area contributed by atoms with E-state index in [-0.39, 0.29) is 30.3 Å². The summed E-state index contributed by atoms with van der Waals surface area (Å²) in [5.41, 5.74) is 6.62. The van der Waals surface area contributed by atoms with Gasteiger partial charge in [-0.05, 0) is 30.7 Å². The summed E-state index contributed by atoms with van der Waals surface area (Å²) >= 11 is 0. The Hall–Kier alpha value is -1.99. The highest BCUT2D eigenvalue weighted by Crippen LogP contribution is 2.30. The van der Waals surface area contributed by atoms with Gasteiger partial charge in [-0.15, -0.1) is 12.4 Å². The van der Waals surface area contributed by atoms with Crippen LogP contribution in [0.4, 0.5) is 10.5 Å². The molecule has 0 saturated carbocycles. The Kier molecular flexibility index (Phi) is 7.12. The number of urea groups is 1. The van der Waals surface area contributed by atoms with E-state index in [9.17, 15) is 9.59 Å². The monoisotopic (exact) mass is 342 g/mol. The van der Waals surface area contributed by atoms with Crippen LogP contribution in [0.1, 0.15) is 17.3 Å². The molecule has 0 aliphatic carbocycles. The van der Waals surface area contributed by atoms with E-state index in [1.807, 2.05) is 6.92 Å². The third-order valence-electron chi connectivity index (χ3n) is 3.60. The minimum Gasteiger partial charge on any atom is -0.495 e. The average molecular weight is 343 g/mol. The molecule has 0 radical (unpaired) electrons. The lowest BCUT2D eigenvalue weighted by Gasteiger charge is -2.19. The fraction of sp³-hybridized carbons (Fsp3) is 0.467. The molecule has 0 spiro atoms. The first-order valence-corrected chi connectivity index (χ1v) is 7.28. The number of carbonyl (C=O) groups excluding carboxylic acids is 2. The average Bonchev–Trinajstić information content (AvgIpc) is 2.97. The molecule has 3 amide bonds. The maximum Gasteiger partial charge on any atom is 0.322 e. The summed E-state index contributed by atoms with van der Waals surface area (Å²) in [6.45, 7) is 4.12. The van der Waals surface area contributed by atoms with Crippen LogP contribution < -0.4 is 26.0 Å². The molecule has 0 aromatic heterocycles. The molecule has 2 rings (SSSR count). The molecule has 7 nitrogen and oxygen atoms in total. The van der Waals surface area contributed by atoms with Crippen molar-refractivity contribution in [3.63, 3.8) is 0 Å². The van der Waals surface area contributed by atoms with Gasteiger partial charge in [-0.25, -0.2) is 4.79 Å². The number of carbonyl (C=O) groups is 2. The topological polar surface area (TPSA) is 96.7 Å². The van der Waals surface area contributed by atoms with E-state index < -0.39 is 0 Å². The molecule has 23 heavy (non-hydrogen) atoms. The number of hydrogen-bond acceptors (Lipinski definition) is 4. The van der Waals surface area contributed by atoms with Gasteiger partial charge >= 0.3 is 6.03 Å². The number of amides is 3. The van der Waals surface area contributed by atoms with E-state index >= 15 is 0 Å². The van der Waals surface area contributed by atoms with E-state index in [0.717, 1.165) is 0 Å². The van der Waals surface area contributed by atoms with Crippen molar-refractivity contribution in [3.8, 4) is 5.75 Å². The highest BCUT2D eigenvalue weighted by Gasteiger charge is 2.25. The minimum atomic E-state index is -0.191. The van der Waals surface area contributed by atoms with Crippen molar-refractivity contribution in [2.24, 2.45) is 11.7 Å². The summed E-state index contributed by atoms with van der Waals surface area (Å²) < 4.78 is 5.29. The predicted octanol–water partition coefficient (Wildman–Crippen LogP) is 0.971. The fourth-order valence-electron chi connectivity index (χ4n) is 2.20. The molecule has 0 bridgehead atoms. The van der Waals surface area contributed by atoms with Gasteiger partial charge in [0.25, 0.3) is 5.91 Å². The van der Waals surface area contributed by atoms with Crippen molar-refractivity contribution >= 4 is 30.0 Å². The molecule has 1 fully saturated rings. The van der Waals surface area contributed by atoms with Gasteiger partial charge in [-0.1, -0.05) is 6.92 Å². The van der Waals surface area contributed by atoms with E-state index in [1.165, 1.54) is 7.11 Å². The van der Waals surface area contributed by atoms with Crippen molar-refractivity contribution < 1.29 is 14.3 Å². The second-order valence-corrected chi connectivity index (χ2v) is 5.32. The van der Waals surface area contributed by atoms with Gasteiger partial charge in [-0.3, -0.25) is 9.69 Å². The van der Waals surface area contributed by atoms with Gasteiger partial charge < -0.3 is 21.1 Å². The fourth-order valence-corrected chi connectivity index (χ4v) is 2.20. The lowest BCUT2D eigenvalue weighted by atomic mass is 10.1. The van der Waals surface area contributed by atoms with Crippen LogP contribution in [0.25, 0.3) is 0 Å². The highest BCUT2D eigenvalue weighted by atomic mass is 35.5. The SMILES string of the molecule is COc1ccc(C(=O)NCC(C)CN)cc1N1CCNC1=O.Cl. The van der Waals surface area contributed by atoms with Gasteiger partial charge in [0.1, 0.15) is 5.75 Å². The van der Waals surface area contributed by atoms with Crippen molar-refractivity contribution in [1.82, 2.24) is 10.6 Å². The number of ether oxygens (including phenoxy) is 1. The maximum atomic E-state index is 12.2. The maximum absolute atomic E-state index is 12.2. The summed E-state index contributed by atoms with van der Waals surface area (Å²) in [5.74, 6) is 0.582. The molecule has 4 N–H and O–H groups in total. The number of halogens is 1. The number of nitrogens with two attached hydrogens (primary N) is 1.